The molecule has 9 nitrogen and oxygen atoms in total. The molecule has 2 aliphatic rings. The molecule has 2 aromatic heterocycles. The van der Waals surface area contributed by atoms with Crippen LogP contribution in [-0.4, -0.2) is 53.9 Å². The van der Waals surface area contributed by atoms with Gasteiger partial charge in [-0.15, -0.1) is 0 Å². The van der Waals surface area contributed by atoms with Crippen LogP contribution in [0, 0.1) is 11.8 Å². The summed E-state index contributed by atoms with van der Waals surface area (Å²) in [5.41, 5.74) is 8.17. The number of nitrogens with zero attached hydrogens (tertiary/aromatic N) is 4. The Hall–Kier alpha value is -2.94. The van der Waals surface area contributed by atoms with Crippen molar-refractivity contribution >= 4 is 47.5 Å². The van der Waals surface area contributed by atoms with E-state index in [4.69, 9.17) is 25.9 Å². The van der Waals surface area contributed by atoms with Gasteiger partial charge in [-0.1, -0.05) is 0 Å². The summed E-state index contributed by atoms with van der Waals surface area (Å²) in [6.07, 6.45) is 3.37. The minimum atomic E-state index is -3.94. The maximum Gasteiger partial charge on any atom is 0.302 e. The Bertz CT molecular complexity index is 1760. The zero-order chi connectivity index (χ0) is 32.6. The van der Waals surface area contributed by atoms with Crippen LogP contribution in [0.2, 0.25) is 0 Å². The van der Waals surface area contributed by atoms with Gasteiger partial charge in [0.1, 0.15) is 0 Å². The van der Waals surface area contributed by atoms with Crippen LogP contribution < -0.4 is 5.73 Å². The van der Waals surface area contributed by atoms with Gasteiger partial charge >= 0.3 is 11.8 Å². The highest BCUT2D eigenvalue weighted by Gasteiger charge is 2.34. The molecule has 4 heterocycles. The van der Waals surface area contributed by atoms with Gasteiger partial charge in [-0.3, -0.25) is 0 Å². The van der Waals surface area contributed by atoms with Crippen LogP contribution in [0.4, 0.5) is 23.2 Å². The molecule has 2 N–H and O–H groups in total. The molecule has 0 aliphatic carbocycles. The molecular formula is C30H36ClF4N5O4S. The van der Waals surface area contributed by atoms with Crippen LogP contribution in [0.1, 0.15) is 51.2 Å². The van der Waals surface area contributed by atoms with Crippen LogP contribution in [-0.2, 0) is 43.5 Å². The molecule has 0 bridgehead atoms. The van der Waals surface area contributed by atoms with Gasteiger partial charge < -0.3 is 24.3 Å². The molecule has 15 heteroatoms. The number of benzene rings is 2. The Morgan fingerprint density at radius 2 is 1.22 bits per heavy atom. The summed E-state index contributed by atoms with van der Waals surface area (Å²) in [5, 5.41) is 0. The van der Waals surface area contributed by atoms with Crippen LogP contribution in [0.25, 0.3) is 22.1 Å². The first-order valence-electron chi connectivity index (χ1n) is 14.7. The topological polar surface area (TPSA) is 114 Å². The minimum absolute atomic E-state index is 0.154. The van der Waals surface area contributed by atoms with Gasteiger partial charge in [-0.05, 0) is 73.9 Å². The summed E-state index contributed by atoms with van der Waals surface area (Å²) in [7, 11) is 1.39. The van der Waals surface area contributed by atoms with Crippen molar-refractivity contribution in [2.24, 2.45) is 11.8 Å². The molecule has 4 aromatic rings. The molecule has 0 radical (unpaired) electrons. The molecule has 2 aliphatic heterocycles. The molecule has 0 spiro atoms. The lowest BCUT2D eigenvalue weighted by Gasteiger charge is -2.24. The highest BCUT2D eigenvalue weighted by Crippen LogP contribution is 2.34. The fourth-order valence-electron chi connectivity index (χ4n) is 5.82. The first-order valence-corrected chi connectivity index (χ1v) is 17.0. The fraction of sp³-hybridized carbons (Fsp3) is 0.533. The smallest absolute Gasteiger partial charge is 0.302 e. The maximum atomic E-state index is 14.0. The number of anilines is 1. The zero-order valence-electron chi connectivity index (χ0n) is 25.0. The molecule has 2 saturated heterocycles. The molecule has 0 saturated carbocycles. The predicted octanol–water partition coefficient (Wildman–Crippen LogP) is 6.66. The molecule has 0 unspecified atom stereocenters. The van der Waals surface area contributed by atoms with Crippen LogP contribution in [0.3, 0.4) is 0 Å². The Balaban J connectivity index is 0.000000179. The number of ether oxygens (including phenoxy) is 2. The van der Waals surface area contributed by atoms with E-state index < -0.39 is 20.9 Å². The highest BCUT2D eigenvalue weighted by atomic mass is 35.7. The monoisotopic (exact) mass is 673 g/mol. The number of hydrogen-bond acceptors (Lipinski definition) is 7. The van der Waals surface area contributed by atoms with Crippen molar-refractivity contribution in [3.05, 3.63) is 48.0 Å². The first-order chi connectivity index (χ1) is 21.1. The van der Waals surface area contributed by atoms with Crippen molar-refractivity contribution in [3.8, 4) is 0 Å². The van der Waals surface area contributed by atoms with Gasteiger partial charge in [0.15, 0.2) is 11.6 Å². The van der Waals surface area contributed by atoms with Gasteiger partial charge in [0.25, 0.3) is 9.05 Å². The van der Waals surface area contributed by atoms with E-state index in [0.29, 0.717) is 67.7 Å². The summed E-state index contributed by atoms with van der Waals surface area (Å²) in [6, 6.07) is 9.16. The van der Waals surface area contributed by atoms with Gasteiger partial charge in [0.2, 0.25) is 0 Å². The predicted molar refractivity (Wildman–Crippen MR) is 163 cm³/mol. The molecule has 6 rings (SSSR count). The summed E-state index contributed by atoms with van der Waals surface area (Å²) < 4.78 is 92.4. The van der Waals surface area contributed by atoms with Crippen LogP contribution in [0.15, 0.2) is 41.3 Å². The first kappa shape index (κ1) is 33.4. The van der Waals surface area contributed by atoms with E-state index in [0.717, 1.165) is 39.5 Å². The number of halogens is 5. The maximum absolute atomic E-state index is 14.0. The average molecular weight is 674 g/mol. The van der Waals surface area contributed by atoms with E-state index in [1.54, 1.807) is 22.8 Å². The Labute approximate surface area is 263 Å². The molecule has 0 amide bonds. The number of rotatable bonds is 7. The second-order valence-electron chi connectivity index (χ2n) is 11.8. The lowest BCUT2D eigenvalue weighted by molar-refractivity contribution is 0.00156. The molecule has 2 aromatic carbocycles. The van der Waals surface area contributed by atoms with E-state index >= 15 is 0 Å². The molecule has 0 atom stereocenters. The quantitative estimate of drug-likeness (QED) is 0.133. The second-order valence-corrected chi connectivity index (χ2v) is 14.4. The zero-order valence-corrected chi connectivity index (χ0v) is 26.6. The highest BCUT2D eigenvalue weighted by molar-refractivity contribution is 8.13. The lowest BCUT2D eigenvalue weighted by Crippen LogP contribution is -2.24. The van der Waals surface area contributed by atoms with Crippen molar-refractivity contribution in [2.75, 3.05) is 32.2 Å². The molecular weight excluding hydrogens is 638 g/mol. The third-order valence-corrected chi connectivity index (χ3v) is 9.47. The minimum Gasteiger partial charge on any atom is -0.399 e. The third-order valence-electron chi connectivity index (χ3n) is 8.12. The Morgan fingerprint density at radius 1 is 0.800 bits per heavy atom. The van der Waals surface area contributed by atoms with Gasteiger partial charge in [-0.25, -0.2) is 18.4 Å². The van der Waals surface area contributed by atoms with E-state index in [1.165, 1.54) is 22.8 Å². The van der Waals surface area contributed by atoms with Gasteiger partial charge in [-0.2, -0.15) is 17.6 Å². The van der Waals surface area contributed by atoms with Crippen molar-refractivity contribution in [3.63, 3.8) is 0 Å². The second kappa shape index (κ2) is 13.0. The number of hydrogen-bond donors (Lipinski definition) is 1. The van der Waals surface area contributed by atoms with E-state index in [9.17, 15) is 26.0 Å². The largest absolute Gasteiger partial charge is 0.399 e. The number of alkyl halides is 4. The number of nitrogen functional groups attached to an aromatic ring is 1. The molecule has 45 heavy (non-hydrogen) atoms. The van der Waals surface area contributed by atoms with Crippen LogP contribution in [0.5, 0.6) is 0 Å². The number of imidazole rings is 2. The third kappa shape index (κ3) is 7.90. The number of nitrogens with two attached hydrogens (primary N) is 1. The summed E-state index contributed by atoms with van der Waals surface area (Å²) >= 11 is 0. The Kier molecular flexibility index (Phi) is 9.69. The average Bonchev–Trinajstić information content (AvgIpc) is 3.52. The van der Waals surface area contributed by atoms with E-state index in [1.807, 2.05) is 0 Å². The molecule has 246 valence electrons. The van der Waals surface area contributed by atoms with Gasteiger partial charge in [0, 0.05) is 69.7 Å². The lowest BCUT2D eigenvalue weighted by atomic mass is 10.00. The SMILES string of the molecule is CC(F)(F)c1nc2cc(N)ccc2n1CC1CCOCC1.CC(F)(F)c1nc2cc(S(=O)(=O)Cl)ccc2n1CC1CCOCC1. The van der Waals surface area contributed by atoms with E-state index in [2.05, 4.69) is 9.97 Å². The summed E-state index contributed by atoms with van der Waals surface area (Å²) in [4.78, 5) is 7.94. The standard InChI is InChI=1S/C15H17ClF2N2O3S.C15H19F2N3O/c1-15(17,18)14-19-12-8-11(24(16,21)22)2-3-13(12)20(14)9-10-4-6-23-7-5-10;1-15(16,17)14-19-12-8-11(18)2-3-13(12)20(14)9-10-4-6-21-7-5-10/h2-3,8,10H,4-7,9H2,1H3;2-3,8,10H,4-7,9,18H2,1H3. The van der Waals surface area contributed by atoms with Crippen molar-refractivity contribution in [2.45, 2.75) is 69.4 Å². The van der Waals surface area contributed by atoms with E-state index in [-0.39, 0.29) is 28.0 Å². The van der Waals surface area contributed by atoms with Gasteiger partial charge in [0.05, 0.1) is 27.0 Å². The number of aromatic nitrogens is 4. The normalized spacial score (nSPS) is 17.5. The summed E-state index contributed by atoms with van der Waals surface area (Å²) in [6.45, 7) is 5.23. The van der Waals surface area contributed by atoms with Crippen molar-refractivity contribution < 1.29 is 35.5 Å². The van der Waals surface area contributed by atoms with Crippen molar-refractivity contribution in [1.29, 1.82) is 0 Å². The van der Waals surface area contributed by atoms with Crippen LogP contribution >= 0.6 is 10.7 Å². The summed E-state index contributed by atoms with van der Waals surface area (Å²) in [5.74, 6) is -6.10. The van der Waals surface area contributed by atoms with Crippen molar-refractivity contribution in [1.82, 2.24) is 19.1 Å². The fourth-order valence-corrected chi connectivity index (χ4v) is 6.59. The number of fused-ring (bicyclic) bond motifs is 2. The molecule has 2 fully saturated rings. The Morgan fingerprint density at radius 3 is 1.64 bits per heavy atom.